The second-order valence-corrected chi connectivity index (χ2v) is 4.30. The van der Waals surface area contributed by atoms with Crippen molar-refractivity contribution in [3.8, 4) is 0 Å². The van der Waals surface area contributed by atoms with E-state index < -0.39 is 11.4 Å². The Balaban J connectivity index is 2.29. The molecular formula is C11H14O3. The Morgan fingerprint density at radius 3 is 3.07 bits per heavy atom. The van der Waals surface area contributed by atoms with E-state index in [2.05, 4.69) is 6.08 Å². The van der Waals surface area contributed by atoms with Crippen LogP contribution in [0.15, 0.2) is 12.2 Å². The number of carbonyl (C=O) groups excluding carboxylic acids is 1. The van der Waals surface area contributed by atoms with Crippen molar-refractivity contribution in [1.82, 2.24) is 0 Å². The third-order valence-electron chi connectivity index (χ3n) is 3.59. The van der Waals surface area contributed by atoms with Crippen LogP contribution < -0.4 is 0 Å². The Labute approximate surface area is 82.8 Å². The summed E-state index contributed by atoms with van der Waals surface area (Å²) in [5.74, 6) is -0.411. The largest absolute Gasteiger partial charge is 0.481 e. The predicted octanol–water partition coefficient (Wildman–Crippen LogP) is 1.78. The molecule has 2 aliphatic rings. The number of aliphatic carboxylic acids is 1. The second-order valence-electron chi connectivity index (χ2n) is 4.30. The fourth-order valence-electron chi connectivity index (χ4n) is 2.82. The summed E-state index contributed by atoms with van der Waals surface area (Å²) in [5, 5.41) is 8.85. The molecule has 2 rings (SSSR count). The van der Waals surface area contributed by atoms with Gasteiger partial charge < -0.3 is 5.11 Å². The molecule has 1 N–H and O–H groups in total. The number of hydrogen-bond acceptors (Lipinski definition) is 2. The fraction of sp³-hybridized carbons (Fsp3) is 0.636. The lowest BCUT2D eigenvalue weighted by molar-refractivity contribution is -0.144. The zero-order chi connectivity index (χ0) is 10.2. The van der Waals surface area contributed by atoms with Gasteiger partial charge in [0, 0.05) is 11.8 Å². The lowest BCUT2D eigenvalue weighted by Gasteiger charge is -2.33. The van der Waals surface area contributed by atoms with Crippen LogP contribution in [0.1, 0.15) is 32.1 Å². The van der Waals surface area contributed by atoms with Gasteiger partial charge >= 0.3 is 5.97 Å². The normalized spacial score (nSPS) is 35.7. The first-order valence-corrected chi connectivity index (χ1v) is 5.05. The van der Waals surface area contributed by atoms with Gasteiger partial charge in [-0.2, -0.15) is 0 Å². The quantitative estimate of drug-likeness (QED) is 0.681. The van der Waals surface area contributed by atoms with E-state index in [0.29, 0.717) is 12.8 Å². The van der Waals surface area contributed by atoms with Gasteiger partial charge in [0.15, 0.2) is 0 Å². The average Bonchev–Trinajstić information content (AvgIpc) is 2.44. The van der Waals surface area contributed by atoms with E-state index in [1.54, 1.807) is 0 Å². The van der Waals surface area contributed by atoms with Crippen molar-refractivity contribution < 1.29 is 14.7 Å². The van der Waals surface area contributed by atoms with Gasteiger partial charge in [-0.1, -0.05) is 12.2 Å². The molecule has 0 aliphatic heterocycles. The van der Waals surface area contributed by atoms with Crippen LogP contribution in [-0.4, -0.2) is 16.9 Å². The van der Waals surface area contributed by atoms with E-state index in [1.165, 1.54) is 0 Å². The Morgan fingerprint density at radius 2 is 2.36 bits per heavy atom. The van der Waals surface area contributed by atoms with E-state index in [-0.39, 0.29) is 18.1 Å². The number of rotatable bonds is 2. The number of ketones is 1. The van der Waals surface area contributed by atoms with Crippen LogP contribution in [0.5, 0.6) is 0 Å². The van der Waals surface area contributed by atoms with Crippen molar-refractivity contribution in [1.29, 1.82) is 0 Å². The fourth-order valence-corrected chi connectivity index (χ4v) is 2.82. The van der Waals surface area contributed by atoms with Gasteiger partial charge in [0.1, 0.15) is 5.78 Å². The number of Topliss-reactive ketones (excluding diaryl/α,β-unsaturated/α-hetero) is 1. The third-order valence-corrected chi connectivity index (χ3v) is 3.59. The van der Waals surface area contributed by atoms with Crippen LogP contribution in [0.25, 0.3) is 0 Å². The molecule has 2 unspecified atom stereocenters. The summed E-state index contributed by atoms with van der Waals surface area (Å²) in [6.45, 7) is 0. The molecule has 0 heterocycles. The SMILES string of the molecule is O=C(O)CC12CC=CCC1CCC2=O. The number of carboxylic acid groups (broad SMARTS) is 1. The highest BCUT2D eigenvalue weighted by molar-refractivity contribution is 5.91. The van der Waals surface area contributed by atoms with Crippen LogP contribution in [0.2, 0.25) is 0 Å². The van der Waals surface area contributed by atoms with Gasteiger partial charge in [-0.25, -0.2) is 0 Å². The summed E-state index contributed by atoms with van der Waals surface area (Å²) in [4.78, 5) is 22.5. The van der Waals surface area contributed by atoms with Crippen molar-refractivity contribution in [2.24, 2.45) is 11.3 Å². The van der Waals surface area contributed by atoms with Crippen LogP contribution in [-0.2, 0) is 9.59 Å². The monoisotopic (exact) mass is 194 g/mol. The van der Waals surface area contributed by atoms with Crippen LogP contribution in [0.4, 0.5) is 0 Å². The Hall–Kier alpha value is -1.12. The predicted molar refractivity (Wildman–Crippen MR) is 50.8 cm³/mol. The minimum absolute atomic E-state index is 0.0147. The minimum atomic E-state index is -0.847. The molecule has 0 aromatic carbocycles. The summed E-state index contributed by atoms with van der Waals surface area (Å²) >= 11 is 0. The van der Waals surface area contributed by atoms with E-state index in [1.807, 2.05) is 6.08 Å². The van der Waals surface area contributed by atoms with Crippen molar-refractivity contribution in [3.05, 3.63) is 12.2 Å². The second kappa shape index (κ2) is 3.23. The average molecular weight is 194 g/mol. The maximum absolute atomic E-state index is 11.8. The standard InChI is InChI=1S/C11H14O3/c12-9-5-4-8-3-1-2-6-11(8,9)7-10(13)14/h1-2,8H,3-7H2,(H,13,14). The van der Waals surface area contributed by atoms with Gasteiger partial charge in [0.05, 0.1) is 6.42 Å². The molecule has 0 aromatic rings. The minimum Gasteiger partial charge on any atom is -0.481 e. The van der Waals surface area contributed by atoms with Gasteiger partial charge in [-0.3, -0.25) is 9.59 Å². The van der Waals surface area contributed by atoms with E-state index in [9.17, 15) is 9.59 Å². The van der Waals surface area contributed by atoms with E-state index in [4.69, 9.17) is 5.11 Å². The first-order valence-electron chi connectivity index (χ1n) is 5.05. The van der Waals surface area contributed by atoms with Crippen molar-refractivity contribution in [3.63, 3.8) is 0 Å². The number of allylic oxidation sites excluding steroid dienone is 2. The molecule has 3 nitrogen and oxygen atoms in total. The van der Waals surface area contributed by atoms with E-state index >= 15 is 0 Å². The Bertz CT molecular complexity index is 306. The van der Waals surface area contributed by atoms with Crippen LogP contribution in [0.3, 0.4) is 0 Å². The molecule has 0 radical (unpaired) electrons. The van der Waals surface area contributed by atoms with Gasteiger partial charge in [-0.05, 0) is 25.2 Å². The third kappa shape index (κ3) is 1.27. The smallest absolute Gasteiger partial charge is 0.304 e. The zero-order valence-corrected chi connectivity index (χ0v) is 8.03. The van der Waals surface area contributed by atoms with Gasteiger partial charge in [0.25, 0.3) is 0 Å². The summed E-state index contributed by atoms with van der Waals surface area (Å²) in [6.07, 6.45) is 6.99. The zero-order valence-electron chi connectivity index (χ0n) is 8.03. The summed E-state index contributed by atoms with van der Waals surface area (Å²) < 4.78 is 0. The van der Waals surface area contributed by atoms with Gasteiger partial charge in [-0.15, -0.1) is 0 Å². The topological polar surface area (TPSA) is 54.4 Å². The Kier molecular flexibility index (Phi) is 2.17. The molecule has 1 saturated carbocycles. The lowest BCUT2D eigenvalue weighted by Crippen LogP contribution is -2.36. The lowest BCUT2D eigenvalue weighted by atomic mass is 9.68. The molecule has 14 heavy (non-hydrogen) atoms. The first kappa shape index (κ1) is 9.44. The van der Waals surface area contributed by atoms with E-state index in [0.717, 1.165) is 12.8 Å². The summed E-state index contributed by atoms with van der Waals surface area (Å²) in [6, 6.07) is 0. The highest BCUT2D eigenvalue weighted by Crippen LogP contribution is 2.50. The molecule has 0 aromatic heterocycles. The molecule has 0 saturated heterocycles. The molecule has 0 bridgehead atoms. The van der Waals surface area contributed by atoms with Crippen LogP contribution in [0, 0.1) is 11.3 Å². The molecule has 2 aliphatic carbocycles. The number of carboxylic acids is 1. The maximum Gasteiger partial charge on any atom is 0.304 e. The molecule has 2 atom stereocenters. The molecule has 0 amide bonds. The highest BCUT2D eigenvalue weighted by atomic mass is 16.4. The molecular weight excluding hydrogens is 180 g/mol. The van der Waals surface area contributed by atoms with Gasteiger partial charge in [0.2, 0.25) is 0 Å². The molecule has 3 heteroatoms. The van der Waals surface area contributed by atoms with Crippen molar-refractivity contribution in [2.45, 2.75) is 32.1 Å². The maximum atomic E-state index is 11.8. The number of carbonyl (C=O) groups is 2. The molecule has 0 spiro atoms. The molecule has 1 fully saturated rings. The Morgan fingerprint density at radius 1 is 1.57 bits per heavy atom. The molecule has 76 valence electrons. The highest BCUT2D eigenvalue weighted by Gasteiger charge is 2.50. The summed E-state index contributed by atoms with van der Waals surface area (Å²) in [7, 11) is 0. The summed E-state index contributed by atoms with van der Waals surface area (Å²) in [5.41, 5.74) is -0.555. The van der Waals surface area contributed by atoms with Crippen molar-refractivity contribution in [2.75, 3.05) is 0 Å². The van der Waals surface area contributed by atoms with Crippen LogP contribution >= 0.6 is 0 Å². The number of hydrogen-bond donors (Lipinski definition) is 1. The first-order chi connectivity index (χ1) is 6.65. The number of fused-ring (bicyclic) bond motifs is 1. The van der Waals surface area contributed by atoms with Crippen molar-refractivity contribution >= 4 is 11.8 Å².